The molecule has 3 nitrogen and oxygen atoms in total. The molecule has 3 heterocycles. The van der Waals surface area contributed by atoms with E-state index in [0.717, 1.165) is 28.4 Å². The number of nitrogens with zero attached hydrogens (tertiary/aromatic N) is 2. The zero-order chi connectivity index (χ0) is 36.6. The van der Waals surface area contributed by atoms with Crippen molar-refractivity contribution in [1.29, 1.82) is 0 Å². The van der Waals surface area contributed by atoms with Gasteiger partial charge in [-0.25, -0.2) is 0 Å². The van der Waals surface area contributed by atoms with Crippen LogP contribution in [0, 0.1) is 13.8 Å². The van der Waals surface area contributed by atoms with Crippen molar-refractivity contribution < 1.29 is 0 Å². The number of benzene rings is 8. The summed E-state index contributed by atoms with van der Waals surface area (Å²) in [6.07, 6.45) is 0. The lowest BCUT2D eigenvalue weighted by Crippen LogP contribution is -2.37. The minimum Gasteiger partial charge on any atom is -0.355 e. The SMILES string of the molecule is Cc1ccc(Nc2ccc3c(sc4ccccc43)c2-c2cc(N(c3ccccc3)c3ccccc3)cc3c2[B]c2cccc4c5ccccc5n-3c24)c(C)c1. The highest BCUT2D eigenvalue weighted by Crippen LogP contribution is 2.47. The van der Waals surface area contributed by atoms with Gasteiger partial charge in [-0.2, -0.15) is 0 Å². The summed E-state index contributed by atoms with van der Waals surface area (Å²) in [4.78, 5) is 2.40. The standard InChI is InChI=1S/C50H35BN3S/c1-31-24-26-42(32(2)28-31)52-43-27-25-39-37-19-10-12-23-46(37)55-50(39)47(43)40-29-35(53(33-14-5-3-6-15-33)34-16-7-4-8-17-34)30-45-48(40)51-41-21-13-20-38-36-18-9-11-22-44(36)54(45)49(38)41/h3-30,52H,1-2H3. The number of fused-ring (bicyclic) bond motifs is 8. The van der Waals surface area contributed by atoms with E-state index in [0.29, 0.717) is 0 Å². The quantitative estimate of drug-likeness (QED) is 0.173. The number of aryl methyl sites for hydroxylation is 2. The van der Waals surface area contributed by atoms with Crippen molar-refractivity contribution in [2.24, 2.45) is 0 Å². The number of aromatic nitrogens is 1. The van der Waals surface area contributed by atoms with E-state index in [9.17, 15) is 0 Å². The largest absolute Gasteiger partial charge is 0.355 e. The minimum absolute atomic E-state index is 1.09. The van der Waals surface area contributed by atoms with Crippen molar-refractivity contribution in [2.75, 3.05) is 10.2 Å². The van der Waals surface area contributed by atoms with Crippen LogP contribution in [0.1, 0.15) is 11.1 Å². The monoisotopic (exact) mass is 720 g/mol. The molecule has 1 radical (unpaired) electrons. The zero-order valence-corrected chi connectivity index (χ0v) is 31.4. The van der Waals surface area contributed by atoms with Gasteiger partial charge in [-0.3, -0.25) is 0 Å². The van der Waals surface area contributed by atoms with Gasteiger partial charge in [0.25, 0.3) is 0 Å². The molecule has 0 fully saturated rings. The molecule has 11 rings (SSSR count). The lowest BCUT2D eigenvalue weighted by molar-refractivity contribution is 1.18. The van der Waals surface area contributed by atoms with Crippen LogP contribution in [0.2, 0.25) is 0 Å². The van der Waals surface area contributed by atoms with Crippen LogP contribution in [0.15, 0.2) is 170 Å². The lowest BCUT2D eigenvalue weighted by Gasteiger charge is -2.30. The van der Waals surface area contributed by atoms with Gasteiger partial charge in [-0.1, -0.05) is 120 Å². The molecule has 0 atom stereocenters. The molecular weight excluding hydrogens is 685 g/mol. The second-order valence-electron chi connectivity index (χ2n) is 14.6. The van der Waals surface area contributed by atoms with Gasteiger partial charge in [0.05, 0.1) is 5.52 Å². The molecule has 10 aromatic rings. The fourth-order valence-corrected chi connectivity index (χ4v) is 9.99. The summed E-state index contributed by atoms with van der Waals surface area (Å²) in [5.41, 5.74) is 16.5. The van der Waals surface area contributed by atoms with Crippen LogP contribution in [0.25, 0.3) is 58.8 Å². The number of thiophene rings is 1. The molecule has 1 aliphatic heterocycles. The predicted molar refractivity (Wildman–Crippen MR) is 238 cm³/mol. The summed E-state index contributed by atoms with van der Waals surface area (Å²) >= 11 is 1.88. The van der Waals surface area contributed by atoms with Gasteiger partial charge in [0.15, 0.2) is 7.28 Å². The first-order valence-electron chi connectivity index (χ1n) is 18.9. The Morgan fingerprint density at radius 1 is 0.564 bits per heavy atom. The van der Waals surface area contributed by atoms with Crippen molar-refractivity contribution in [3.05, 3.63) is 181 Å². The highest BCUT2D eigenvalue weighted by atomic mass is 32.1. The average molecular weight is 721 g/mol. The number of hydrogen-bond acceptors (Lipinski definition) is 3. The highest BCUT2D eigenvalue weighted by molar-refractivity contribution is 7.26. The Kier molecular flexibility index (Phi) is 7.26. The normalized spacial score (nSPS) is 12.0. The maximum absolute atomic E-state index is 3.96. The van der Waals surface area contributed by atoms with Gasteiger partial charge in [-0.05, 0) is 91.1 Å². The van der Waals surface area contributed by atoms with E-state index in [1.54, 1.807) is 0 Å². The van der Waals surface area contributed by atoms with E-state index >= 15 is 0 Å². The van der Waals surface area contributed by atoms with E-state index in [2.05, 4.69) is 206 Å². The molecule has 0 spiro atoms. The van der Waals surface area contributed by atoms with Gasteiger partial charge in [0.1, 0.15) is 0 Å². The Hall–Kier alpha value is -6.56. The zero-order valence-electron chi connectivity index (χ0n) is 30.5. The van der Waals surface area contributed by atoms with Crippen LogP contribution in [-0.2, 0) is 0 Å². The molecule has 0 amide bonds. The second kappa shape index (κ2) is 12.5. The molecule has 0 bridgehead atoms. The highest BCUT2D eigenvalue weighted by Gasteiger charge is 2.29. The van der Waals surface area contributed by atoms with E-state index in [-0.39, 0.29) is 0 Å². The van der Waals surface area contributed by atoms with Crippen molar-refractivity contribution in [2.45, 2.75) is 13.8 Å². The van der Waals surface area contributed by atoms with E-state index in [1.807, 2.05) is 11.3 Å². The maximum atomic E-state index is 3.96. The Bertz CT molecular complexity index is 3090. The first-order chi connectivity index (χ1) is 27.1. The first kappa shape index (κ1) is 31.9. The Morgan fingerprint density at radius 3 is 2.04 bits per heavy atom. The number of rotatable bonds is 6. The van der Waals surface area contributed by atoms with Gasteiger partial charge in [0.2, 0.25) is 0 Å². The molecule has 0 aliphatic carbocycles. The predicted octanol–water partition coefficient (Wildman–Crippen LogP) is 12.6. The van der Waals surface area contributed by atoms with Crippen molar-refractivity contribution in [3.8, 4) is 16.8 Å². The summed E-state index contributed by atoms with van der Waals surface area (Å²) in [5, 5.41) is 9.05. The molecule has 55 heavy (non-hydrogen) atoms. The topological polar surface area (TPSA) is 20.2 Å². The number of hydrogen-bond donors (Lipinski definition) is 1. The molecule has 2 aromatic heterocycles. The molecule has 8 aromatic carbocycles. The maximum Gasteiger partial charge on any atom is 0.197 e. The van der Waals surface area contributed by atoms with Crippen molar-refractivity contribution >= 4 is 100.0 Å². The number of para-hydroxylation sites is 4. The van der Waals surface area contributed by atoms with Gasteiger partial charge in [-0.15, -0.1) is 11.3 Å². The molecule has 0 saturated heterocycles. The summed E-state index contributed by atoms with van der Waals surface area (Å²) in [6.45, 7) is 4.35. The van der Waals surface area contributed by atoms with Crippen LogP contribution < -0.4 is 21.1 Å². The van der Waals surface area contributed by atoms with Gasteiger partial charge >= 0.3 is 0 Å². The summed E-state index contributed by atoms with van der Waals surface area (Å²) in [5.74, 6) is 0. The Morgan fingerprint density at radius 2 is 1.25 bits per heavy atom. The molecular formula is C50H35BN3S. The van der Waals surface area contributed by atoms with Crippen LogP contribution in [0.5, 0.6) is 0 Å². The third kappa shape index (κ3) is 5.04. The van der Waals surface area contributed by atoms with Gasteiger partial charge < -0.3 is 14.8 Å². The van der Waals surface area contributed by atoms with Crippen LogP contribution in [0.4, 0.5) is 28.4 Å². The molecule has 0 saturated carbocycles. The van der Waals surface area contributed by atoms with Crippen LogP contribution >= 0.6 is 11.3 Å². The Labute approximate surface area is 325 Å². The second-order valence-corrected chi connectivity index (χ2v) is 15.6. The number of anilines is 5. The Balaban J connectivity index is 1.29. The van der Waals surface area contributed by atoms with Crippen LogP contribution in [0.3, 0.4) is 0 Å². The fourth-order valence-electron chi connectivity index (χ4n) is 8.72. The van der Waals surface area contributed by atoms with E-state index in [1.165, 1.54) is 80.8 Å². The molecule has 1 N–H and O–H groups in total. The smallest absolute Gasteiger partial charge is 0.197 e. The molecule has 0 unspecified atom stereocenters. The summed E-state index contributed by atoms with van der Waals surface area (Å²) in [7, 11) is 2.43. The first-order valence-corrected chi connectivity index (χ1v) is 19.7. The summed E-state index contributed by atoms with van der Waals surface area (Å²) < 4.78 is 5.07. The fraction of sp³-hybridized carbons (Fsp3) is 0.0400. The van der Waals surface area contributed by atoms with Crippen molar-refractivity contribution in [1.82, 2.24) is 4.57 Å². The van der Waals surface area contributed by atoms with Gasteiger partial charge in [0, 0.05) is 76.1 Å². The summed E-state index contributed by atoms with van der Waals surface area (Å²) in [6, 6.07) is 62.0. The average Bonchev–Trinajstić information content (AvgIpc) is 3.77. The van der Waals surface area contributed by atoms with Crippen molar-refractivity contribution in [3.63, 3.8) is 0 Å². The lowest BCUT2D eigenvalue weighted by atomic mass is 9.59. The minimum atomic E-state index is 1.09. The molecule has 5 heteroatoms. The third-order valence-electron chi connectivity index (χ3n) is 11.2. The van der Waals surface area contributed by atoms with E-state index in [4.69, 9.17) is 0 Å². The third-order valence-corrected chi connectivity index (χ3v) is 12.4. The molecule has 1 aliphatic rings. The van der Waals surface area contributed by atoms with E-state index < -0.39 is 0 Å². The molecule has 259 valence electrons. The van der Waals surface area contributed by atoms with Crippen LogP contribution in [-0.4, -0.2) is 11.8 Å². The number of nitrogens with one attached hydrogen (secondary N) is 1.